The average molecular weight is 236 g/mol. The average Bonchev–Trinajstić information content (AvgIpc) is 2.32. The lowest BCUT2D eigenvalue weighted by Gasteiger charge is -2.14. The second-order valence-electron chi connectivity index (χ2n) is 3.88. The van der Waals surface area contributed by atoms with Crippen molar-refractivity contribution in [1.29, 1.82) is 0 Å². The first-order chi connectivity index (χ1) is 8.17. The van der Waals surface area contributed by atoms with E-state index in [4.69, 9.17) is 10.5 Å². The highest BCUT2D eigenvalue weighted by molar-refractivity contribution is 5.73. The van der Waals surface area contributed by atoms with Crippen molar-refractivity contribution in [3.05, 3.63) is 29.8 Å². The first-order valence-electron chi connectivity index (χ1n) is 5.85. The molecule has 1 rings (SSSR count). The van der Waals surface area contributed by atoms with Gasteiger partial charge in [-0.1, -0.05) is 19.1 Å². The Morgan fingerprint density at radius 2 is 2.06 bits per heavy atom. The fraction of sp³-hybridized carbons (Fsp3) is 0.462. The minimum atomic E-state index is -0.345. The van der Waals surface area contributed by atoms with Crippen LogP contribution in [0.2, 0.25) is 0 Å². The molecule has 0 saturated heterocycles. The first kappa shape index (κ1) is 13.5. The third-order valence-corrected chi connectivity index (χ3v) is 2.66. The van der Waals surface area contributed by atoms with Gasteiger partial charge in [-0.05, 0) is 31.2 Å². The van der Waals surface area contributed by atoms with Crippen LogP contribution in [0.15, 0.2) is 24.3 Å². The minimum absolute atomic E-state index is 0.246. The summed E-state index contributed by atoms with van der Waals surface area (Å²) in [6.45, 7) is 2.47. The third-order valence-electron chi connectivity index (χ3n) is 2.66. The smallest absolute Gasteiger partial charge is 0.220 e. The van der Waals surface area contributed by atoms with Crippen molar-refractivity contribution < 1.29 is 9.53 Å². The molecule has 0 aliphatic rings. The SMILES string of the molecule is CCC(NC)c1ccc(OCCC(N)=O)cc1. The van der Waals surface area contributed by atoms with Crippen molar-refractivity contribution in [1.82, 2.24) is 5.32 Å². The lowest BCUT2D eigenvalue weighted by atomic mass is 10.1. The zero-order valence-corrected chi connectivity index (χ0v) is 10.4. The van der Waals surface area contributed by atoms with Gasteiger partial charge in [0.15, 0.2) is 0 Å². The quantitative estimate of drug-likeness (QED) is 0.756. The molecule has 0 saturated carbocycles. The number of rotatable bonds is 7. The Kier molecular flexibility index (Phi) is 5.49. The van der Waals surface area contributed by atoms with Crippen LogP contribution in [0.4, 0.5) is 0 Å². The van der Waals surface area contributed by atoms with Crippen LogP contribution in [0.1, 0.15) is 31.4 Å². The number of nitrogens with one attached hydrogen (secondary N) is 1. The van der Waals surface area contributed by atoms with Gasteiger partial charge in [-0.2, -0.15) is 0 Å². The number of nitrogens with two attached hydrogens (primary N) is 1. The summed E-state index contributed by atoms with van der Waals surface area (Å²) in [5.74, 6) is 0.420. The number of benzene rings is 1. The Morgan fingerprint density at radius 1 is 1.41 bits per heavy atom. The van der Waals surface area contributed by atoms with Crippen molar-refractivity contribution in [3.63, 3.8) is 0 Å². The molecule has 1 amide bonds. The molecule has 0 spiro atoms. The maximum atomic E-state index is 10.5. The number of carbonyl (C=O) groups excluding carboxylic acids is 1. The Morgan fingerprint density at radius 3 is 2.53 bits per heavy atom. The Bertz CT molecular complexity index is 345. The van der Waals surface area contributed by atoms with Crippen LogP contribution in [-0.2, 0) is 4.79 Å². The van der Waals surface area contributed by atoms with Crippen molar-refractivity contribution in [2.45, 2.75) is 25.8 Å². The monoisotopic (exact) mass is 236 g/mol. The Labute approximate surface area is 102 Å². The number of primary amides is 1. The first-order valence-corrected chi connectivity index (χ1v) is 5.85. The van der Waals surface area contributed by atoms with Crippen molar-refractivity contribution in [2.24, 2.45) is 5.73 Å². The second kappa shape index (κ2) is 6.91. The molecule has 94 valence electrons. The molecule has 4 nitrogen and oxygen atoms in total. The molecule has 17 heavy (non-hydrogen) atoms. The van der Waals surface area contributed by atoms with Crippen LogP contribution in [0, 0.1) is 0 Å². The van der Waals surface area contributed by atoms with Gasteiger partial charge in [0.1, 0.15) is 5.75 Å². The molecule has 1 atom stereocenters. The summed E-state index contributed by atoms with van der Waals surface area (Å²) < 4.78 is 5.40. The summed E-state index contributed by atoms with van der Waals surface area (Å²) in [5, 5.41) is 3.24. The third kappa shape index (κ3) is 4.44. The van der Waals surface area contributed by atoms with Gasteiger partial charge in [-0.15, -0.1) is 0 Å². The van der Waals surface area contributed by atoms with Crippen LogP contribution in [0.5, 0.6) is 5.75 Å². The van der Waals surface area contributed by atoms with E-state index in [1.807, 2.05) is 31.3 Å². The normalized spacial score (nSPS) is 12.1. The molecule has 4 heteroatoms. The summed E-state index contributed by atoms with van der Waals surface area (Å²) >= 11 is 0. The lowest BCUT2D eigenvalue weighted by Crippen LogP contribution is -2.15. The molecule has 1 aromatic carbocycles. The molecule has 0 fully saturated rings. The number of hydrogen-bond donors (Lipinski definition) is 2. The molecule has 0 radical (unpaired) electrons. The molecule has 1 aromatic rings. The highest BCUT2D eigenvalue weighted by Gasteiger charge is 2.06. The molecule has 0 aliphatic carbocycles. The van der Waals surface area contributed by atoms with E-state index in [-0.39, 0.29) is 12.3 Å². The fourth-order valence-electron chi connectivity index (χ4n) is 1.67. The molecule has 0 aliphatic heterocycles. The predicted octanol–water partition coefficient (Wildman–Crippen LogP) is 1.61. The number of ether oxygens (including phenoxy) is 1. The van der Waals surface area contributed by atoms with Crippen LogP contribution in [0.25, 0.3) is 0 Å². The van der Waals surface area contributed by atoms with E-state index < -0.39 is 0 Å². The molecule has 0 heterocycles. The number of amides is 1. The molecular formula is C13H20N2O2. The summed E-state index contributed by atoms with van der Waals surface area (Å²) in [6.07, 6.45) is 1.29. The van der Waals surface area contributed by atoms with Crippen molar-refractivity contribution >= 4 is 5.91 Å². The van der Waals surface area contributed by atoms with Gasteiger partial charge in [0.05, 0.1) is 13.0 Å². The zero-order valence-electron chi connectivity index (χ0n) is 10.4. The zero-order chi connectivity index (χ0) is 12.7. The molecule has 3 N–H and O–H groups in total. The van der Waals surface area contributed by atoms with E-state index >= 15 is 0 Å². The fourth-order valence-corrected chi connectivity index (χ4v) is 1.67. The predicted molar refractivity (Wildman–Crippen MR) is 67.8 cm³/mol. The van der Waals surface area contributed by atoms with E-state index in [9.17, 15) is 4.79 Å². The van der Waals surface area contributed by atoms with E-state index in [2.05, 4.69) is 12.2 Å². The van der Waals surface area contributed by atoms with Gasteiger partial charge in [-0.3, -0.25) is 4.79 Å². The standard InChI is InChI=1S/C13H20N2O2/c1-3-12(15-2)10-4-6-11(7-5-10)17-9-8-13(14)16/h4-7,12,15H,3,8-9H2,1-2H3,(H2,14,16). The van der Waals surface area contributed by atoms with Gasteiger partial charge in [-0.25, -0.2) is 0 Å². The van der Waals surface area contributed by atoms with E-state index in [0.29, 0.717) is 12.6 Å². The number of hydrogen-bond acceptors (Lipinski definition) is 3. The largest absolute Gasteiger partial charge is 0.493 e. The van der Waals surface area contributed by atoms with Gasteiger partial charge >= 0.3 is 0 Å². The molecule has 1 unspecified atom stereocenters. The molecule has 0 bridgehead atoms. The van der Waals surface area contributed by atoms with Gasteiger partial charge in [0.2, 0.25) is 5.91 Å². The second-order valence-corrected chi connectivity index (χ2v) is 3.88. The highest BCUT2D eigenvalue weighted by atomic mass is 16.5. The topological polar surface area (TPSA) is 64.3 Å². The van der Waals surface area contributed by atoms with E-state index in [1.165, 1.54) is 5.56 Å². The highest BCUT2D eigenvalue weighted by Crippen LogP contribution is 2.19. The summed E-state index contributed by atoms with van der Waals surface area (Å²) in [5.41, 5.74) is 6.26. The number of carbonyl (C=O) groups is 1. The summed E-state index contributed by atoms with van der Waals surface area (Å²) in [6, 6.07) is 8.26. The van der Waals surface area contributed by atoms with Crippen LogP contribution < -0.4 is 15.8 Å². The van der Waals surface area contributed by atoms with Crippen LogP contribution in [-0.4, -0.2) is 19.6 Å². The maximum absolute atomic E-state index is 10.5. The molecule has 0 aromatic heterocycles. The van der Waals surface area contributed by atoms with E-state index in [1.54, 1.807) is 0 Å². The summed E-state index contributed by atoms with van der Waals surface area (Å²) in [4.78, 5) is 10.5. The van der Waals surface area contributed by atoms with Gasteiger partial charge < -0.3 is 15.8 Å². The van der Waals surface area contributed by atoms with Crippen LogP contribution in [0.3, 0.4) is 0 Å². The van der Waals surface area contributed by atoms with Crippen LogP contribution >= 0.6 is 0 Å². The summed E-state index contributed by atoms with van der Waals surface area (Å²) in [7, 11) is 1.95. The van der Waals surface area contributed by atoms with Crippen molar-refractivity contribution in [2.75, 3.05) is 13.7 Å². The Hall–Kier alpha value is -1.55. The van der Waals surface area contributed by atoms with Gasteiger partial charge in [0.25, 0.3) is 0 Å². The van der Waals surface area contributed by atoms with E-state index in [0.717, 1.165) is 12.2 Å². The minimum Gasteiger partial charge on any atom is -0.493 e. The lowest BCUT2D eigenvalue weighted by molar-refractivity contribution is -0.118. The van der Waals surface area contributed by atoms with Crippen molar-refractivity contribution in [3.8, 4) is 5.75 Å². The van der Waals surface area contributed by atoms with Gasteiger partial charge in [0, 0.05) is 6.04 Å². The Balaban J connectivity index is 2.52. The molecular weight excluding hydrogens is 216 g/mol. The maximum Gasteiger partial charge on any atom is 0.220 e.